The summed E-state index contributed by atoms with van der Waals surface area (Å²) in [5, 5.41) is 5.33. The highest BCUT2D eigenvalue weighted by Gasteiger charge is 2.30. The highest BCUT2D eigenvalue weighted by molar-refractivity contribution is 7.26. The summed E-state index contributed by atoms with van der Waals surface area (Å²) in [5.41, 5.74) is 9.14. The van der Waals surface area contributed by atoms with Crippen LogP contribution in [0.4, 0.5) is 13.2 Å². The van der Waals surface area contributed by atoms with E-state index in [2.05, 4.69) is 25.9 Å². The Balaban J connectivity index is 1.40. The van der Waals surface area contributed by atoms with E-state index in [-0.39, 0.29) is 23.6 Å². The van der Waals surface area contributed by atoms with E-state index in [0.717, 1.165) is 15.6 Å². The molecule has 32 heavy (non-hydrogen) atoms. The fourth-order valence-corrected chi connectivity index (χ4v) is 5.34. The summed E-state index contributed by atoms with van der Waals surface area (Å²) in [7, 11) is 0. The zero-order valence-electron chi connectivity index (χ0n) is 16.7. The summed E-state index contributed by atoms with van der Waals surface area (Å²) in [5.74, 6) is 0.315. The van der Waals surface area contributed by atoms with E-state index < -0.39 is 6.43 Å². The predicted octanol–water partition coefficient (Wildman–Crippen LogP) is 4.55. The maximum atomic E-state index is 13.2. The minimum absolute atomic E-state index is 0.00528. The third-order valence-corrected chi connectivity index (χ3v) is 6.78. The first kappa shape index (κ1) is 19.5. The molecule has 11 heteroatoms. The van der Waals surface area contributed by atoms with Crippen molar-refractivity contribution >= 4 is 37.4 Å². The van der Waals surface area contributed by atoms with Gasteiger partial charge in [-0.15, -0.1) is 16.4 Å². The van der Waals surface area contributed by atoms with Crippen LogP contribution >= 0.6 is 11.3 Å². The van der Waals surface area contributed by atoms with Crippen molar-refractivity contribution in [1.29, 1.82) is 0 Å². The van der Waals surface area contributed by atoms with Crippen molar-refractivity contribution in [2.24, 2.45) is 0 Å². The van der Waals surface area contributed by atoms with Crippen LogP contribution in [0, 0.1) is 12.7 Å². The minimum atomic E-state index is -2.63. The van der Waals surface area contributed by atoms with Gasteiger partial charge in [-0.25, -0.2) is 43.5 Å². The van der Waals surface area contributed by atoms with Gasteiger partial charge in [0.15, 0.2) is 11.5 Å². The van der Waals surface area contributed by atoms with Crippen LogP contribution in [-0.2, 0) is 0 Å². The van der Waals surface area contributed by atoms with Crippen molar-refractivity contribution < 1.29 is 13.2 Å². The van der Waals surface area contributed by atoms with Crippen molar-refractivity contribution in [2.75, 3.05) is 0 Å². The highest BCUT2D eigenvalue weighted by atomic mass is 32.1. The first-order valence-electron chi connectivity index (χ1n) is 9.97. The Bertz CT molecular complexity index is 1480. The van der Waals surface area contributed by atoms with E-state index in [0.29, 0.717) is 33.8 Å². The van der Waals surface area contributed by atoms with Gasteiger partial charge in [0.25, 0.3) is 6.43 Å². The molecule has 5 aromatic rings. The van der Waals surface area contributed by atoms with Crippen LogP contribution in [0.5, 0.6) is 0 Å². The number of halogens is 3. The Labute approximate surface area is 183 Å². The van der Waals surface area contributed by atoms with E-state index in [1.165, 1.54) is 29.5 Å². The minimum Gasteiger partial charge on any atom is -0.250 e. The second-order valence-electron chi connectivity index (χ2n) is 7.79. The first-order valence-corrected chi connectivity index (χ1v) is 10.8. The van der Waals surface area contributed by atoms with Gasteiger partial charge in [-0.1, -0.05) is 12.1 Å². The van der Waals surface area contributed by atoms with E-state index in [1.807, 2.05) is 0 Å². The molecule has 0 amide bonds. The number of aryl methyl sites for hydroxylation is 1. The van der Waals surface area contributed by atoms with Crippen molar-refractivity contribution in [3.63, 3.8) is 0 Å². The fraction of sp³-hybridized carbons (Fsp3) is 0.238. The van der Waals surface area contributed by atoms with Crippen molar-refractivity contribution in [3.8, 4) is 0 Å². The number of hydrazine groups is 1. The summed E-state index contributed by atoms with van der Waals surface area (Å²) in [6.45, 7) is 1.78. The summed E-state index contributed by atoms with van der Waals surface area (Å²) in [4.78, 5) is 13.9. The van der Waals surface area contributed by atoms with Crippen molar-refractivity contribution in [3.05, 3.63) is 65.1 Å². The normalized spacial score (nSPS) is 19.2. The lowest BCUT2D eigenvalue weighted by atomic mass is 10.0. The monoisotopic (exact) mass is 455 g/mol. The molecule has 0 radical (unpaired) electrons. The molecule has 2 unspecified atom stereocenters. The Kier molecular flexibility index (Phi) is 4.39. The summed E-state index contributed by atoms with van der Waals surface area (Å²) < 4.78 is 42.0. The summed E-state index contributed by atoms with van der Waals surface area (Å²) >= 11 is 1.29. The molecule has 1 saturated heterocycles. The molecule has 7 nitrogen and oxygen atoms in total. The van der Waals surface area contributed by atoms with Crippen molar-refractivity contribution in [1.82, 2.24) is 35.4 Å². The van der Waals surface area contributed by atoms with E-state index in [4.69, 9.17) is 4.98 Å². The van der Waals surface area contributed by atoms with Gasteiger partial charge >= 0.3 is 0 Å². The van der Waals surface area contributed by atoms with Gasteiger partial charge in [-0.2, -0.15) is 0 Å². The number of alkyl halides is 2. The summed E-state index contributed by atoms with van der Waals surface area (Å²) in [6, 6.07) is 7.63. The molecule has 162 valence electrons. The smallest absolute Gasteiger partial charge is 0.250 e. The predicted molar refractivity (Wildman–Crippen MR) is 114 cm³/mol. The third-order valence-electron chi connectivity index (χ3n) is 5.71. The van der Waals surface area contributed by atoms with Crippen LogP contribution in [0.1, 0.15) is 47.6 Å². The third kappa shape index (κ3) is 3.04. The number of aromatic nitrogens is 5. The fourth-order valence-electron chi connectivity index (χ4n) is 4.15. The Morgan fingerprint density at radius 2 is 1.91 bits per heavy atom. The number of nitrogens with one attached hydrogen (secondary N) is 2. The van der Waals surface area contributed by atoms with E-state index in [9.17, 15) is 13.2 Å². The average molecular weight is 455 g/mol. The number of hydrogen-bond donors (Lipinski definition) is 2. The van der Waals surface area contributed by atoms with Gasteiger partial charge in [0.1, 0.15) is 27.4 Å². The number of nitrogens with zero attached hydrogens (tertiary/aromatic N) is 5. The molecule has 1 aliphatic heterocycles. The zero-order chi connectivity index (χ0) is 22.0. The molecule has 1 aromatic carbocycles. The Hall–Kier alpha value is -3.15. The summed E-state index contributed by atoms with van der Waals surface area (Å²) in [6.07, 6.45) is -0.365. The standard InChI is InChI=1S/C21H16F3N7S/c1-9-6-13(18(23)24)26-21-15(9)16-17(32-21)20-27-19(30-31(20)8-25-16)14-7-12(28-29-14)10-2-4-11(22)5-3-10/h2-6,8,12,14,18,28-29H,7H2,1H3. The van der Waals surface area contributed by atoms with Gasteiger partial charge < -0.3 is 0 Å². The highest BCUT2D eigenvalue weighted by Crippen LogP contribution is 2.37. The topological polar surface area (TPSA) is 80.0 Å². The maximum absolute atomic E-state index is 13.2. The molecule has 6 rings (SSSR count). The zero-order valence-corrected chi connectivity index (χ0v) is 17.5. The number of pyridine rings is 1. The van der Waals surface area contributed by atoms with Crippen molar-refractivity contribution in [2.45, 2.75) is 31.9 Å². The van der Waals surface area contributed by atoms with Gasteiger partial charge in [0, 0.05) is 11.4 Å². The molecule has 1 fully saturated rings. The van der Waals surface area contributed by atoms with Crippen LogP contribution in [-0.4, -0.2) is 24.6 Å². The van der Waals surface area contributed by atoms with Crippen LogP contribution in [0.3, 0.4) is 0 Å². The maximum Gasteiger partial charge on any atom is 0.280 e. The molecule has 0 aliphatic carbocycles. The molecule has 0 bridgehead atoms. The van der Waals surface area contributed by atoms with Gasteiger partial charge in [-0.05, 0) is 42.7 Å². The molecule has 0 saturated carbocycles. The number of rotatable bonds is 3. The van der Waals surface area contributed by atoms with Crippen LogP contribution in [0.25, 0.3) is 26.1 Å². The lowest BCUT2D eigenvalue weighted by Crippen LogP contribution is -2.27. The second-order valence-corrected chi connectivity index (χ2v) is 8.79. The molecule has 2 atom stereocenters. The largest absolute Gasteiger partial charge is 0.280 e. The van der Waals surface area contributed by atoms with Crippen LogP contribution in [0.15, 0.2) is 36.7 Å². The van der Waals surface area contributed by atoms with E-state index >= 15 is 0 Å². The molecular formula is C21H16F3N7S. The first-order chi connectivity index (χ1) is 15.5. The average Bonchev–Trinajstić information content (AvgIpc) is 3.49. The van der Waals surface area contributed by atoms with Crippen LogP contribution in [0.2, 0.25) is 0 Å². The van der Waals surface area contributed by atoms with Crippen LogP contribution < -0.4 is 10.9 Å². The lowest BCUT2D eigenvalue weighted by Gasteiger charge is -2.08. The molecule has 1 aliphatic rings. The number of benzene rings is 1. The molecular weight excluding hydrogens is 439 g/mol. The van der Waals surface area contributed by atoms with Gasteiger partial charge in [-0.3, -0.25) is 0 Å². The lowest BCUT2D eigenvalue weighted by molar-refractivity contribution is 0.146. The second kappa shape index (κ2) is 7.19. The van der Waals surface area contributed by atoms with E-state index in [1.54, 1.807) is 29.9 Å². The number of thiophene rings is 1. The SMILES string of the molecule is Cc1cc(C(F)F)nc2sc3c(ncn4nc(C5CC(c6ccc(F)cc6)NN5)nc34)c12. The van der Waals surface area contributed by atoms with Gasteiger partial charge in [0.05, 0.1) is 11.6 Å². The number of hydrogen-bond acceptors (Lipinski definition) is 7. The molecule has 4 aromatic heterocycles. The Morgan fingerprint density at radius 1 is 1.12 bits per heavy atom. The molecule has 0 spiro atoms. The van der Waals surface area contributed by atoms with Gasteiger partial charge in [0.2, 0.25) is 0 Å². The Morgan fingerprint density at radius 3 is 2.69 bits per heavy atom. The quantitative estimate of drug-likeness (QED) is 0.416. The molecule has 2 N–H and O–H groups in total. The molecule has 5 heterocycles. The number of fused-ring (bicyclic) bond motifs is 5.